The molecule has 1 saturated heterocycles. The van der Waals surface area contributed by atoms with Crippen molar-refractivity contribution in [3.63, 3.8) is 0 Å². The van der Waals surface area contributed by atoms with Crippen molar-refractivity contribution in [3.8, 4) is 0 Å². The van der Waals surface area contributed by atoms with Crippen LogP contribution in [-0.2, 0) is 9.59 Å². The van der Waals surface area contributed by atoms with E-state index in [1.807, 2.05) is 37.3 Å². The van der Waals surface area contributed by atoms with E-state index in [4.69, 9.17) is 0 Å². The number of fused-ring (bicyclic) bond motifs is 5. The summed E-state index contributed by atoms with van der Waals surface area (Å²) in [5.41, 5.74) is 3.61. The number of hydrogen-bond acceptors (Lipinski definition) is 4. The van der Waals surface area contributed by atoms with Gasteiger partial charge in [-0.3, -0.25) is 19.7 Å². The lowest BCUT2D eigenvalue weighted by atomic mass is 9.85. The second-order valence-electron chi connectivity index (χ2n) is 7.72. The maximum Gasteiger partial charge on any atom is 0.269 e. The normalized spacial score (nSPS) is 28.8. The standard InChI is InChI=1S/C23H18N2O4/c1-13(14-7-9-16(10-8-14)25(28)29)19-17-11-12-18(19)21-20(17)22(26)24(23(21)27)15-5-3-2-4-6-15/h2-12,17-18,20-21H,1H3/t17-,18+,20-,21+. The van der Waals surface area contributed by atoms with Gasteiger partial charge in [0.15, 0.2) is 0 Å². The number of carbonyl (C=O) groups is 2. The van der Waals surface area contributed by atoms with Crippen LogP contribution in [0.4, 0.5) is 11.4 Å². The van der Waals surface area contributed by atoms with Crippen LogP contribution in [0.3, 0.4) is 0 Å². The van der Waals surface area contributed by atoms with Gasteiger partial charge in [-0.1, -0.05) is 35.9 Å². The number of anilines is 1. The summed E-state index contributed by atoms with van der Waals surface area (Å²) in [6.07, 6.45) is 4.07. The minimum absolute atomic E-state index is 0.0415. The molecule has 2 bridgehead atoms. The van der Waals surface area contributed by atoms with E-state index >= 15 is 0 Å². The summed E-state index contributed by atoms with van der Waals surface area (Å²) in [6.45, 7) is 1.97. The fourth-order valence-electron chi connectivity index (χ4n) is 5.09. The number of para-hydroxylation sites is 1. The average Bonchev–Trinajstić information content (AvgIpc) is 3.37. The lowest BCUT2D eigenvalue weighted by Gasteiger charge is -2.20. The van der Waals surface area contributed by atoms with Crippen LogP contribution in [-0.4, -0.2) is 16.7 Å². The third-order valence-electron chi connectivity index (χ3n) is 6.37. The highest BCUT2D eigenvalue weighted by molar-refractivity contribution is 6.23. The van der Waals surface area contributed by atoms with E-state index in [0.29, 0.717) is 5.69 Å². The van der Waals surface area contributed by atoms with Crippen molar-refractivity contribution in [1.82, 2.24) is 0 Å². The van der Waals surface area contributed by atoms with Gasteiger partial charge in [0, 0.05) is 24.0 Å². The first kappa shape index (κ1) is 17.6. The third kappa shape index (κ3) is 2.42. The third-order valence-corrected chi connectivity index (χ3v) is 6.37. The van der Waals surface area contributed by atoms with E-state index in [9.17, 15) is 19.7 Å². The molecule has 2 aromatic carbocycles. The highest BCUT2D eigenvalue weighted by Crippen LogP contribution is 2.58. The Kier molecular flexibility index (Phi) is 3.77. The lowest BCUT2D eigenvalue weighted by Crippen LogP contribution is -2.33. The van der Waals surface area contributed by atoms with Crippen LogP contribution in [0.25, 0.3) is 5.57 Å². The highest BCUT2D eigenvalue weighted by Gasteiger charge is 2.62. The second kappa shape index (κ2) is 6.24. The van der Waals surface area contributed by atoms with E-state index in [1.165, 1.54) is 17.0 Å². The Morgan fingerprint density at radius 3 is 1.97 bits per heavy atom. The van der Waals surface area contributed by atoms with Gasteiger partial charge in [-0.2, -0.15) is 0 Å². The Balaban J connectivity index is 1.52. The summed E-state index contributed by atoms with van der Waals surface area (Å²) in [5, 5.41) is 10.9. The second-order valence-corrected chi connectivity index (χ2v) is 7.72. The minimum atomic E-state index is -0.424. The van der Waals surface area contributed by atoms with E-state index in [2.05, 4.69) is 0 Å². The molecule has 29 heavy (non-hydrogen) atoms. The summed E-state index contributed by atoms with van der Waals surface area (Å²) in [5.74, 6) is -1.24. The number of imide groups is 1. The maximum atomic E-state index is 13.2. The molecule has 1 aliphatic heterocycles. The van der Waals surface area contributed by atoms with Crippen LogP contribution in [0.15, 0.2) is 72.3 Å². The molecule has 0 unspecified atom stereocenters. The van der Waals surface area contributed by atoms with Gasteiger partial charge in [-0.25, -0.2) is 4.90 Å². The molecule has 1 saturated carbocycles. The molecule has 2 aliphatic carbocycles. The molecule has 5 rings (SSSR count). The molecule has 6 heteroatoms. The minimum Gasteiger partial charge on any atom is -0.274 e. The Morgan fingerprint density at radius 2 is 1.45 bits per heavy atom. The van der Waals surface area contributed by atoms with Crippen LogP contribution in [0, 0.1) is 33.8 Å². The zero-order valence-electron chi connectivity index (χ0n) is 15.7. The predicted octanol–water partition coefficient (Wildman–Crippen LogP) is 3.99. The Bertz CT molecular complexity index is 1070. The number of nitrogens with zero attached hydrogens (tertiary/aromatic N) is 2. The number of carbonyl (C=O) groups excluding carboxylic acids is 2. The average molecular weight is 386 g/mol. The van der Waals surface area contributed by atoms with Gasteiger partial charge in [-0.15, -0.1) is 0 Å². The Morgan fingerprint density at radius 1 is 0.897 bits per heavy atom. The molecule has 2 aromatic rings. The molecule has 4 atom stereocenters. The van der Waals surface area contributed by atoms with Crippen molar-refractivity contribution in [2.24, 2.45) is 23.7 Å². The molecule has 3 aliphatic rings. The van der Waals surface area contributed by atoms with Crippen LogP contribution < -0.4 is 4.90 Å². The molecule has 2 amide bonds. The van der Waals surface area contributed by atoms with Gasteiger partial charge in [0.05, 0.1) is 22.4 Å². The molecule has 6 nitrogen and oxygen atoms in total. The number of non-ortho nitro benzene ring substituents is 1. The molecular weight excluding hydrogens is 368 g/mol. The molecule has 0 radical (unpaired) electrons. The van der Waals surface area contributed by atoms with E-state index in [-0.39, 0.29) is 41.2 Å². The van der Waals surface area contributed by atoms with Crippen molar-refractivity contribution < 1.29 is 14.5 Å². The predicted molar refractivity (Wildman–Crippen MR) is 108 cm³/mol. The van der Waals surface area contributed by atoms with E-state index in [0.717, 1.165) is 16.7 Å². The molecule has 144 valence electrons. The van der Waals surface area contributed by atoms with Crippen molar-refractivity contribution >= 4 is 28.8 Å². The monoisotopic (exact) mass is 386 g/mol. The number of nitro benzene ring substituents is 1. The van der Waals surface area contributed by atoms with Crippen molar-refractivity contribution in [1.29, 1.82) is 0 Å². The van der Waals surface area contributed by atoms with Gasteiger partial charge >= 0.3 is 0 Å². The summed E-state index contributed by atoms with van der Waals surface area (Å²) in [6, 6.07) is 15.5. The van der Waals surface area contributed by atoms with Crippen molar-refractivity contribution in [3.05, 3.63) is 88.0 Å². The first-order valence-corrected chi connectivity index (χ1v) is 9.55. The number of nitro groups is 1. The van der Waals surface area contributed by atoms with Crippen LogP contribution in [0.1, 0.15) is 12.5 Å². The largest absolute Gasteiger partial charge is 0.274 e. The fourth-order valence-corrected chi connectivity index (χ4v) is 5.09. The van der Waals surface area contributed by atoms with Crippen LogP contribution >= 0.6 is 0 Å². The number of amides is 2. The summed E-state index contributed by atoms with van der Waals surface area (Å²) < 4.78 is 0. The smallest absolute Gasteiger partial charge is 0.269 e. The van der Waals surface area contributed by atoms with Crippen molar-refractivity contribution in [2.45, 2.75) is 6.92 Å². The molecule has 1 heterocycles. The van der Waals surface area contributed by atoms with E-state index < -0.39 is 4.92 Å². The van der Waals surface area contributed by atoms with Crippen molar-refractivity contribution in [2.75, 3.05) is 4.90 Å². The molecule has 0 N–H and O–H groups in total. The zero-order chi connectivity index (χ0) is 20.3. The number of hydrogen-bond donors (Lipinski definition) is 0. The van der Waals surface area contributed by atoms with Gasteiger partial charge in [0.1, 0.15) is 0 Å². The maximum absolute atomic E-state index is 13.2. The number of benzene rings is 2. The first-order chi connectivity index (χ1) is 14.0. The van der Waals surface area contributed by atoms with Gasteiger partial charge in [0.2, 0.25) is 11.8 Å². The number of rotatable bonds is 3. The Labute approximate surface area is 167 Å². The highest BCUT2D eigenvalue weighted by atomic mass is 16.6. The van der Waals surface area contributed by atoms with Crippen LogP contribution in [0.2, 0.25) is 0 Å². The fraction of sp³-hybridized carbons (Fsp3) is 0.217. The quantitative estimate of drug-likeness (QED) is 0.346. The molecular formula is C23H18N2O4. The van der Waals surface area contributed by atoms with Crippen LogP contribution in [0.5, 0.6) is 0 Å². The summed E-state index contributed by atoms with van der Waals surface area (Å²) in [4.78, 5) is 38.2. The lowest BCUT2D eigenvalue weighted by molar-refractivity contribution is -0.384. The van der Waals surface area contributed by atoms with Gasteiger partial charge < -0.3 is 0 Å². The molecule has 0 aromatic heterocycles. The first-order valence-electron chi connectivity index (χ1n) is 9.55. The summed E-state index contributed by atoms with van der Waals surface area (Å²) >= 11 is 0. The molecule has 0 spiro atoms. The SMILES string of the molecule is CC(=C1[C@H]2C=C[C@@H]1[C@@H]1C(=O)N(c3ccccc3)C(=O)[C@@H]12)c1ccc([N+](=O)[O-])cc1. The van der Waals surface area contributed by atoms with Gasteiger partial charge in [-0.05, 0) is 42.3 Å². The topological polar surface area (TPSA) is 80.5 Å². The Hall–Kier alpha value is -3.54. The number of allylic oxidation sites excluding steroid dienone is 4. The summed E-state index contributed by atoms with van der Waals surface area (Å²) in [7, 11) is 0. The molecule has 2 fully saturated rings. The van der Waals surface area contributed by atoms with E-state index in [1.54, 1.807) is 24.3 Å². The zero-order valence-corrected chi connectivity index (χ0v) is 15.7. The van der Waals surface area contributed by atoms with Gasteiger partial charge in [0.25, 0.3) is 5.69 Å².